The first-order chi connectivity index (χ1) is 7.84. The van der Waals surface area contributed by atoms with E-state index >= 15 is 0 Å². The number of hydrogen-bond acceptors (Lipinski definition) is 3. The second kappa shape index (κ2) is 4.15. The molecule has 84 valence electrons. The molecule has 2 nitrogen and oxygen atoms in total. The van der Waals surface area contributed by atoms with Gasteiger partial charge in [-0.25, -0.2) is 0 Å². The van der Waals surface area contributed by atoms with Crippen LogP contribution < -0.4 is 5.32 Å². The Morgan fingerprint density at radius 3 is 2.81 bits per heavy atom. The van der Waals surface area contributed by atoms with Crippen molar-refractivity contribution in [3.05, 3.63) is 39.8 Å². The molecule has 2 aliphatic rings. The fourth-order valence-electron chi connectivity index (χ4n) is 2.81. The SMILES string of the molecule is Cc1nccc2c(ccs1)C1CNCC2C1. The van der Waals surface area contributed by atoms with Crippen molar-refractivity contribution in [3.8, 4) is 0 Å². The summed E-state index contributed by atoms with van der Waals surface area (Å²) in [5.41, 5.74) is 3.04. The van der Waals surface area contributed by atoms with Crippen molar-refractivity contribution in [1.29, 1.82) is 0 Å². The predicted octanol–water partition coefficient (Wildman–Crippen LogP) is 2.75. The molecular weight excluding hydrogens is 216 g/mol. The molecule has 0 amide bonds. The van der Waals surface area contributed by atoms with Gasteiger partial charge >= 0.3 is 0 Å². The molecule has 2 atom stereocenters. The van der Waals surface area contributed by atoms with Crippen LogP contribution in [-0.4, -0.2) is 18.1 Å². The van der Waals surface area contributed by atoms with Gasteiger partial charge in [-0.3, -0.25) is 4.98 Å². The van der Waals surface area contributed by atoms with E-state index in [4.69, 9.17) is 0 Å². The third-order valence-electron chi connectivity index (χ3n) is 3.56. The van der Waals surface area contributed by atoms with Crippen LogP contribution in [0.5, 0.6) is 0 Å². The van der Waals surface area contributed by atoms with Gasteiger partial charge in [-0.05, 0) is 53.8 Å². The first-order valence-corrected chi connectivity index (χ1v) is 6.71. The van der Waals surface area contributed by atoms with E-state index in [9.17, 15) is 0 Å². The summed E-state index contributed by atoms with van der Waals surface area (Å²) in [5, 5.41) is 6.81. The molecule has 16 heavy (non-hydrogen) atoms. The molecule has 0 radical (unpaired) electrons. The van der Waals surface area contributed by atoms with E-state index in [1.165, 1.54) is 17.5 Å². The van der Waals surface area contributed by atoms with Crippen LogP contribution in [0.4, 0.5) is 0 Å². The summed E-state index contributed by atoms with van der Waals surface area (Å²) >= 11 is 1.71. The summed E-state index contributed by atoms with van der Waals surface area (Å²) in [7, 11) is 0. The van der Waals surface area contributed by atoms with Crippen molar-refractivity contribution < 1.29 is 0 Å². The summed E-state index contributed by atoms with van der Waals surface area (Å²) in [6, 6.07) is 4.51. The van der Waals surface area contributed by atoms with Gasteiger partial charge in [-0.1, -0.05) is 0 Å². The third kappa shape index (κ3) is 1.74. The molecule has 1 N–H and O–H groups in total. The Labute approximate surface area is 100 Å². The molecule has 1 saturated heterocycles. The van der Waals surface area contributed by atoms with E-state index in [0.717, 1.165) is 18.1 Å². The number of aryl methyl sites for hydroxylation is 1. The highest BCUT2D eigenvalue weighted by molar-refractivity contribution is 7.09. The van der Waals surface area contributed by atoms with Crippen LogP contribution >= 0.6 is 11.3 Å². The summed E-state index contributed by atoms with van der Waals surface area (Å²) in [5.74, 6) is 1.42. The summed E-state index contributed by atoms with van der Waals surface area (Å²) in [6.45, 7) is 4.32. The highest BCUT2D eigenvalue weighted by Crippen LogP contribution is 2.42. The molecule has 1 fully saturated rings. The number of nitrogens with zero attached hydrogens (tertiary/aromatic N) is 1. The van der Waals surface area contributed by atoms with Gasteiger partial charge in [0.05, 0.1) is 5.01 Å². The minimum atomic E-state index is 0.702. The lowest BCUT2D eigenvalue weighted by Gasteiger charge is -2.19. The fraction of sp³-hybridized carbons (Fsp3) is 0.462. The lowest BCUT2D eigenvalue weighted by molar-refractivity contribution is 0.453. The van der Waals surface area contributed by atoms with Crippen LogP contribution in [0, 0.1) is 6.92 Å². The molecule has 2 unspecified atom stereocenters. The van der Waals surface area contributed by atoms with Crippen LogP contribution in [-0.2, 0) is 0 Å². The number of fused-ring (bicyclic) bond motifs is 5. The number of aromatic nitrogens is 1. The average Bonchev–Trinajstić information content (AvgIpc) is 2.57. The molecule has 2 bridgehead atoms. The Morgan fingerprint density at radius 1 is 1.25 bits per heavy atom. The second-order valence-corrected chi connectivity index (χ2v) is 5.68. The zero-order valence-corrected chi connectivity index (χ0v) is 10.3. The lowest BCUT2D eigenvalue weighted by Crippen LogP contribution is -2.28. The van der Waals surface area contributed by atoms with Gasteiger partial charge in [-0.2, -0.15) is 0 Å². The topological polar surface area (TPSA) is 24.9 Å². The van der Waals surface area contributed by atoms with Gasteiger partial charge in [0.2, 0.25) is 0 Å². The van der Waals surface area contributed by atoms with E-state index in [0.29, 0.717) is 11.8 Å². The molecule has 3 heteroatoms. The number of hydrogen-bond donors (Lipinski definition) is 1. The quantitative estimate of drug-likeness (QED) is 0.744. The molecule has 1 aliphatic carbocycles. The first-order valence-electron chi connectivity index (χ1n) is 5.83. The predicted molar refractivity (Wildman–Crippen MR) is 67.4 cm³/mol. The Bertz CT molecular complexity index is 413. The van der Waals surface area contributed by atoms with Crippen LogP contribution in [0.15, 0.2) is 23.7 Å². The molecule has 0 saturated carbocycles. The molecule has 1 aromatic heterocycles. The zero-order chi connectivity index (χ0) is 11.0. The maximum absolute atomic E-state index is 4.41. The van der Waals surface area contributed by atoms with Crippen LogP contribution in [0.2, 0.25) is 0 Å². The highest BCUT2D eigenvalue weighted by Gasteiger charge is 2.32. The van der Waals surface area contributed by atoms with Gasteiger partial charge in [0.25, 0.3) is 0 Å². The van der Waals surface area contributed by atoms with E-state index in [1.54, 1.807) is 11.3 Å². The zero-order valence-electron chi connectivity index (χ0n) is 9.44. The summed E-state index contributed by atoms with van der Waals surface area (Å²) < 4.78 is 0. The fourth-order valence-corrected chi connectivity index (χ4v) is 3.34. The van der Waals surface area contributed by atoms with E-state index in [-0.39, 0.29) is 0 Å². The minimum Gasteiger partial charge on any atom is -0.316 e. The molecule has 2 heterocycles. The van der Waals surface area contributed by atoms with Crippen molar-refractivity contribution in [2.45, 2.75) is 25.2 Å². The van der Waals surface area contributed by atoms with Crippen LogP contribution in [0.25, 0.3) is 0 Å². The van der Waals surface area contributed by atoms with Crippen molar-refractivity contribution in [2.75, 3.05) is 13.1 Å². The second-order valence-electron chi connectivity index (χ2n) is 4.58. The van der Waals surface area contributed by atoms with Crippen LogP contribution in [0.1, 0.15) is 34.4 Å². The van der Waals surface area contributed by atoms with Gasteiger partial charge in [0.15, 0.2) is 0 Å². The van der Waals surface area contributed by atoms with Crippen LogP contribution in [0.3, 0.4) is 0 Å². The van der Waals surface area contributed by atoms with Crippen molar-refractivity contribution in [1.82, 2.24) is 10.3 Å². The molecule has 1 aliphatic heterocycles. The maximum Gasteiger partial charge on any atom is 0.0892 e. The number of nitrogens with one attached hydrogen (secondary N) is 1. The van der Waals surface area contributed by atoms with Crippen molar-refractivity contribution >= 4 is 11.3 Å². The average molecular weight is 232 g/mol. The monoisotopic (exact) mass is 232 g/mol. The molecule has 0 spiro atoms. The van der Waals surface area contributed by atoms with Gasteiger partial charge in [0, 0.05) is 19.3 Å². The Hall–Kier alpha value is -0.930. The Morgan fingerprint density at radius 2 is 2.00 bits per heavy atom. The largest absolute Gasteiger partial charge is 0.316 e. The van der Waals surface area contributed by atoms with Crippen molar-refractivity contribution in [3.63, 3.8) is 0 Å². The van der Waals surface area contributed by atoms with Crippen molar-refractivity contribution in [2.24, 2.45) is 0 Å². The molecular formula is C13H16N2S. The Balaban J connectivity index is 2.17. The summed E-state index contributed by atoms with van der Waals surface area (Å²) in [6.07, 6.45) is 3.28. The normalized spacial score (nSPS) is 26.1. The van der Waals surface area contributed by atoms with E-state index in [2.05, 4.69) is 34.7 Å². The third-order valence-corrected chi connectivity index (χ3v) is 4.28. The Kier molecular flexibility index (Phi) is 2.65. The minimum absolute atomic E-state index is 0.702. The summed E-state index contributed by atoms with van der Waals surface area (Å²) in [4.78, 5) is 4.41. The molecule has 1 aromatic rings. The maximum atomic E-state index is 4.41. The van der Waals surface area contributed by atoms with E-state index < -0.39 is 0 Å². The number of piperidine rings is 1. The van der Waals surface area contributed by atoms with E-state index in [1.807, 2.05) is 6.20 Å². The smallest absolute Gasteiger partial charge is 0.0892 e. The van der Waals surface area contributed by atoms with Gasteiger partial charge < -0.3 is 5.32 Å². The standard InChI is InChI=1S/C13H16N2S/c1-9-15-4-2-12-10-6-11(8-14-7-10)13(12)3-5-16-9/h2-5,10-11,14H,6-8H2,1H3. The van der Waals surface area contributed by atoms with Gasteiger partial charge in [-0.15, -0.1) is 11.3 Å². The lowest BCUT2D eigenvalue weighted by atomic mass is 9.97. The first kappa shape index (κ1) is 10.2. The molecule has 0 aromatic carbocycles. The highest BCUT2D eigenvalue weighted by atomic mass is 32.1. The molecule has 3 rings (SSSR count). The van der Waals surface area contributed by atoms with Gasteiger partial charge in [0.1, 0.15) is 0 Å². The number of rotatable bonds is 0.